The van der Waals surface area contributed by atoms with Crippen LogP contribution in [0.25, 0.3) is 22.3 Å². The maximum absolute atomic E-state index is 10.2. The van der Waals surface area contributed by atoms with Gasteiger partial charge in [-0.1, -0.05) is 170 Å². The van der Waals surface area contributed by atoms with Crippen molar-refractivity contribution in [2.24, 2.45) is 0 Å². The van der Waals surface area contributed by atoms with Crippen LogP contribution in [0.4, 0.5) is 0 Å². The van der Waals surface area contributed by atoms with Crippen LogP contribution in [-0.2, 0) is 24.0 Å². The molecule has 298 valence electrons. The van der Waals surface area contributed by atoms with Crippen LogP contribution in [0, 0.1) is 0 Å². The van der Waals surface area contributed by atoms with Gasteiger partial charge in [0.15, 0.2) is 0 Å². The lowest BCUT2D eigenvalue weighted by Gasteiger charge is -2.34. The number of phenolic OH excluding ortho intramolecular Hbond substituents is 2. The smallest absolute Gasteiger partial charge is 0.119 e. The summed E-state index contributed by atoms with van der Waals surface area (Å²) in [6.45, 7) is 0.873. The molecule has 0 unspecified atom stereocenters. The number of phenols is 2. The second kappa shape index (κ2) is 15.0. The normalized spacial score (nSPS) is 13.7. The summed E-state index contributed by atoms with van der Waals surface area (Å²) in [4.78, 5) is 0. The summed E-state index contributed by atoms with van der Waals surface area (Å²) < 4.78 is 12.7. The highest BCUT2D eigenvalue weighted by atomic mass is 16.5. The van der Waals surface area contributed by atoms with E-state index in [0.717, 1.165) is 44.9 Å². The van der Waals surface area contributed by atoms with Gasteiger partial charge in [0.05, 0.1) is 10.8 Å². The first-order chi connectivity index (χ1) is 30.5. The van der Waals surface area contributed by atoms with Crippen LogP contribution >= 0.6 is 0 Å². The summed E-state index contributed by atoms with van der Waals surface area (Å²) in [5.74, 6) is 2.08. The van der Waals surface area contributed by atoms with Crippen LogP contribution in [0.15, 0.2) is 218 Å². The monoisotopic (exact) mass is 802 g/mol. The second-order valence-corrected chi connectivity index (χ2v) is 16.2. The minimum Gasteiger partial charge on any atom is -0.508 e. The highest BCUT2D eigenvalue weighted by Crippen LogP contribution is 2.57. The van der Waals surface area contributed by atoms with Crippen molar-refractivity contribution >= 4 is 0 Å². The van der Waals surface area contributed by atoms with E-state index >= 15 is 0 Å². The number of hydrogen-bond donors (Lipinski definition) is 2. The molecule has 0 aliphatic heterocycles. The van der Waals surface area contributed by atoms with E-state index in [9.17, 15) is 10.2 Å². The first-order valence-electron chi connectivity index (χ1n) is 21.1. The SMILES string of the molecule is Oc1ccc(C2(c3ccc(OCc4ccc(COc5ccc(C6(c7ccc(O)cc7)c7ccccc7-c7ccccc76)cc5)cc4)cc3)c3ccccc3-c3ccccc32)cc1. The molecule has 0 bridgehead atoms. The van der Waals surface area contributed by atoms with Crippen molar-refractivity contribution in [2.45, 2.75) is 24.0 Å². The average molecular weight is 803 g/mol. The topological polar surface area (TPSA) is 58.9 Å². The molecule has 0 atom stereocenters. The van der Waals surface area contributed by atoms with Gasteiger partial charge in [-0.3, -0.25) is 0 Å². The first kappa shape index (κ1) is 37.2. The van der Waals surface area contributed by atoms with Crippen molar-refractivity contribution in [3.63, 3.8) is 0 Å². The number of fused-ring (bicyclic) bond motifs is 6. The molecule has 0 saturated carbocycles. The third kappa shape index (κ3) is 5.90. The van der Waals surface area contributed by atoms with Crippen LogP contribution in [-0.4, -0.2) is 10.2 Å². The summed E-state index contributed by atoms with van der Waals surface area (Å²) in [6, 6.07) is 75.1. The van der Waals surface area contributed by atoms with Crippen molar-refractivity contribution in [1.82, 2.24) is 0 Å². The lowest BCUT2D eigenvalue weighted by molar-refractivity contribution is 0.302. The van der Waals surface area contributed by atoms with Crippen molar-refractivity contribution < 1.29 is 19.7 Å². The van der Waals surface area contributed by atoms with Gasteiger partial charge in [0.1, 0.15) is 36.2 Å². The first-order valence-corrected chi connectivity index (χ1v) is 21.1. The number of ether oxygens (including phenoxy) is 2. The molecule has 0 fully saturated rings. The Morgan fingerprint density at radius 3 is 0.839 bits per heavy atom. The van der Waals surface area contributed by atoms with Gasteiger partial charge in [-0.05, 0) is 126 Å². The Labute approximate surface area is 361 Å². The van der Waals surface area contributed by atoms with Crippen LogP contribution in [0.2, 0.25) is 0 Å². The second-order valence-electron chi connectivity index (χ2n) is 16.2. The molecular formula is C58H42O4. The summed E-state index contributed by atoms with van der Waals surface area (Å²) in [5, 5.41) is 20.4. The molecule has 0 radical (unpaired) electrons. The van der Waals surface area contributed by atoms with Crippen LogP contribution < -0.4 is 9.47 Å². The van der Waals surface area contributed by atoms with Crippen LogP contribution in [0.1, 0.15) is 55.6 Å². The number of benzene rings is 9. The molecule has 0 spiro atoms. The molecule has 0 amide bonds. The lowest BCUT2D eigenvalue weighted by Crippen LogP contribution is -2.28. The molecule has 2 N–H and O–H groups in total. The van der Waals surface area contributed by atoms with E-state index in [0.29, 0.717) is 13.2 Å². The molecule has 0 heterocycles. The van der Waals surface area contributed by atoms with E-state index in [1.165, 1.54) is 44.5 Å². The number of aromatic hydroxyl groups is 2. The molecule has 0 aromatic heterocycles. The van der Waals surface area contributed by atoms with Gasteiger partial charge in [-0.25, -0.2) is 0 Å². The third-order valence-corrected chi connectivity index (χ3v) is 12.9. The predicted octanol–water partition coefficient (Wildman–Crippen LogP) is 13.0. The van der Waals surface area contributed by atoms with Crippen molar-refractivity contribution in [3.05, 3.63) is 274 Å². The Balaban J connectivity index is 0.795. The zero-order valence-electron chi connectivity index (χ0n) is 33.9. The van der Waals surface area contributed by atoms with Gasteiger partial charge in [-0.2, -0.15) is 0 Å². The predicted molar refractivity (Wildman–Crippen MR) is 246 cm³/mol. The largest absolute Gasteiger partial charge is 0.508 e. The fourth-order valence-corrected chi connectivity index (χ4v) is 10.1. The zero-order chi connectivity index (χ0) is 41.7. The molecule has 62 heavy (non-hydrogen) atoms. The molecule has 2 aliphatic carbocycles. The fourth-order valence-electron chi connectivity index (χ4n) is 10.1. The summed E-state index contributed by atoms with van der Waals surface area (Å²) in [5.41, 5.74) is 15.3. The van der Waals surface area contributed by atoms with E-state index in [2.05, 4.69) is 170 Å². The van der Waals surface area contributed by atoms with E-state index < -0.39 is 10.8 Å². The molecule has 2 aliphatic rings. The summed E-state index contributed by atoms with van der Waals surface area (Å²) >= 11 is 0. The molecular weight excluding hydrogens is 761 g/mol. The van der Waals surface area contributed by atoms with E-state index in [1.807, 2.05) is 24.3 Å². The Kier molecular flexibility index (Phi) is 9.01. The summed E-state index contributed by atoms with van der Waals surface area (Å²) in [7, 11) is 0. The van der Waals surface area contributed by atoms with Gasteiger partial charge in [0, 0.05) is 0 Å². The number of rotatable bonds is 10. The van der Waals surface area contributed by atoms with Crippen LogP contribution in [0.5, 0.6) is 23.0 Å². The van der Waals surface area contributed by atoms with Crippen LogP contribution in [0.3, 0.4) is 0 Å². The van der Waals surface area contributed by atoms with E-state index in [-0.39, 0.29) is 11.5 Å². The van der Waals surface area contributed by atoms with Gasteiger partial charge in [-0.15, -0.1) is 0 Å². The Morgan fingerprint density at radius 2 is 0.548 bits per heavy atom. The van der Waals surface area contributed by atoms with Gasteiger partial charge >= 0.3 is 0 Å². The van der Waals surface area contributed by atoms with Crippen molar-refractivity contribution in [2.75, 3.05) is 0 Å². The van der Waals surface area contributed by atoms with E-state index in [4.69, 9.17) is 9.47 Å². The highest BCUT2D eigenvalue weighted by Gasteiger charge is 2.47. The molecule has 4 nitrogen and oxygen atoms in total. The number of hydrogen-bond acceptors (Lipinski definition) is 4. The molecule has 11 rings (SSSR count). The molecule has 9 aromatic rings. The standard InChI is InChI=1S/C58H42O4/c59-45-29-21-41(22-30-45)57(53-13-5-1-9-49(53)50-10-2-6-14-54(50)57)43-25-33-47(34-26-43)61-37-39-17-19-40(20-18-39)38-62-48-35-27-44(28-36-48)58(42-23-31-46(60)32-24-42)55-15-7-3-11-51(55)52-12-4-8-16-56(52)58/h1-36,59-60H,37-38H2. The molecule has 0 saturated heterocycles. The zero-order valence-corrected chi connectivity index (χ0v) is 33.9. The highest BCUT2D eigenvalue weighted by molar-refractivity contribution is 5.87. The minimum absolute atomic E-state index is 0.247. The van der Waals surface area contributed by atoms with Crippen molar-refractivity contribution in [3.8, 4) is 45.3 Å². The summed E-state index contributed by atoms with van der Waals surface area (Å²) in [6.07, 6.45) is 0. The van der Waals surface area contributed by atoms with E-state index in [1.54, 1.807) is 24.3 Å². The van der Waals surface area contributed by atoms with Crippen molar-refractivity contribution in [1.29, 1.82) is 0 Å². The maximum Gasteiger partial charge on any atom is 0.119 e. The average Bonchev–Trinajstić information content (AvgIpc) is 3.80. The Morgan fingerprint density at radius 1 is 0.290 bits per heavy atom. The van der Waals surface area contributed by atoms with Gasteiger partial charge in [0.2, 0.25) is 0 Å². The Hall–Kier alpha value is -7.82. The maximum atomic E-state index is 10.2. The minimum atomic E-state index is -0.538. The van der Waals surface area contributed by atoms with Gasteiger partial charge in [0.25, 0.3) is 0 Å². The third-order valence-electron chi connectivity index (χ3n) is 12.9. The Bertz CT molecular complexity index is 2760. The molecule has 9 aromatic carbocycles. The molecule has 4 heteroatoms. The fraction of sp³-hybridized carbons (Fsp3) is 0.0690. The van der Waals surface area contributed by atoms with Gasteiger partial charge < -0.3 is 19.7 Å². The lowest BCUT2D eigenvalue weighted by atomic mass is 9.68. The quantitative estimate of drug-likeness (QED) is 0.145.